The highest BCUT2D eigenvalue weighted by atomic mass is 16.4. The molecule has 0 aliphatic heterocycles. The Hall–Kier alpha value is -0.810. The molecule has 0 aliphatic carbocycles. The summed E-state index contributed by atoms with van der Waals surface area (Å²) in [5, 5.41) is 22.6. The highest BCUT2D eigenvalue weighted by molar-refractivity contribution is 5.64. The van der Waals surface area contributed by atoms with Crippen molar-refractivity contribution in [1.82, 2.24) is 10.6 Å². The van der Waals surface area contributed by atoms with E-state index in [1.165, 1.54) is 0 Å². The van der Waals surface area contributed by atoms with Crippen molar-refractivity contribution in [2.24, 2.45) is 5.92 Å². The van der Waals surface area contributed by atoms with Gasteiger partial charge in [0.1, 0.15) is 0 Å². The van der Waals surface area contributed by atoms with Gasteiger partial charge in [-0.2, -0.15) is 0 Å². The molecule has 13 heavy (non-hydrogen) atoms. The zero-order chi connectivity index (χ0) is 10.3. The topological polar surface area (TPSA) is 81.6 Å². The van der Waals surface area contributed by atoms with Gasteiger partial charge in [-0.15, -0.1) is 0 Å². The summed E-state index contributed by atoms with van der Waals surface area (Å²) in [6, 6.07) is 0. The quantitative estimate of drug-likeness (QED) is 0.470. The lowest BCUT2D eigenvalue weighted by molar-refractivity contribution is 0.154. The number of aliphatic hydroxyl groups is 1. The maximum absolute atomic E-state index is 10.0. The van der Waals surface area contributed by atoms with Gasteiger partial charge in [-0.25, -0.2) is 4.79 Å². The smallest absolute Gasteiger partial charge is 0.404 e. The molecule has 78 valence electrons. The van der Waals surface area contributed by atoms with Crippen LogP contribution < -0.4 is 10.6 Å². The second kappa shape index (κ2) is 6.68. The zero-order valence-corrected chi connectivity index (χ0v) is 8.08. The van der Waals surface area contributed by atoms with Crippen LogP contribution in [0.4, 0.5) is 4.79 Å². The highest BCUT2D eigenvalue weighted by Gasteiger charge is 2.04. The SMILES string of the molecule is CC(C)CNCC(O)CNC(=O)O. The number of rotatable bonds is 6. The van der Waals surface area contributed by atoms with Crippen LogP contribution in [0.3, 0.4) is 0 Å². The van der Waals surface area contributed by atoms with Crippen LogP contribution in [0.2, 0.25) is 0 Å². The van der Waals surface area contributed by atoms with E-state index in [0.717, 1.165) is 6.54 Å². The van der Waals surface area contributed by atoms with Gasteiger partial charge in [0.2, 0.25) is 0 Å². The van der Waals surface area contributed by atoms with E-state index in [1.807, 2.05) is 0 Å². The van der Waals surface area contributed by atoms with E-state index in [4.69, 9.17) is 5.11 Å². The fourth-order valence-corrected chi connectivity index (χ4v) is 0.816. The summed E-state index contributed by atoms with van der Waals surface area (Å²) in [5.74, 6) is 0.527. The number of carboxylic acid groups (broad SMARTS) is 1. The molecule has 0 aromatic heterocycles. The van der Waals surface area contributed by atoms with Crippen molar-refractivity contribution < 1.29 is 15.0 Å². The Kier molecular flexibility index (Phi) is 6.26. The third-order valence-corrected chi connectivity index (χ3v) is 1.42. The molecule has 0 heterocycles. The maximum atomic E-state index is 10.0. The Morgan fingerprint density at radius 3 is 2.38 bits per heavy atom. The largest absolute Gasteiger partial charge is 0.465 e. The summed E-state index contributed by atoms with van der Waals surface area (Å²) in [7, 11) is 0. The molecule has 5 heteroatoms. The Bertz CT molecular complexity index is 150. The minimum absolute atomic E-state index is 0.0699. The molecule has 0 aromatic rings. The summed E-state index contributed by atoms with van der Waals surface area (Å²) in [6.07, 6.45) is -1.77. The fraction of sp³-hybridized carbons (Fsp3) is 0.875. The van der Waals surface area contributed by atoms with E-state index in [9.17, 15) is 9.90 Å². The molecule has 1 atom stereocenters. The first-order valence-corrected chi connectivity index (χ1v) is 4.38. The molecular formula is C8H18N2O3. The van der Waals surface area contributed by atoms with E-state index < -0.39 is 12.2 Å². The maximum Gasteiger partial charge on any atom is 0.404 e. The van der Waals surface area contributed by atoms with Crippen molar-refractivity contribution >= 4 is 6.09 Å². The predicted octanol–water partition coefficient (Wildman–Crippen LogP) is -0.139. The van der Waals surface area contributed by atoms with Gasteiger partial charge < -0.3 is 20.8 Å². The van der Waals surface area contributed by atoms with Crippen molar-refractivity contribution in [2.75, 3.05) is 19.6 Å². The summed E-state index contributed by atoms with van der Waals surface area (Å²) in [5.41, 5.74) is 0. The van der Waals surface area contributed by atoms with Crippen LogP contribution in [0, 0.1) is 5.92 Å². The van der Waals surface area contributed by atoms with Crippen LogP contribution in [0.1, 0.15) is 13.8 Å². The molecule has 0 aliphatic rings. The van der Waals surface area contributed by atoms with Crippen LogP contribution in [0.15, 0.2) is 0 Å². The second-order valence-electron chi connectivity index (χ2n) is 3.39. The fourth-order valence-electron chi connectivity index (χ4n) is 0.816. The van der Waals surface area contributed by atoms with Gasteiger partial charge in [0.05, 0.1) is 6.10 Å². The van der Waals surface area contributed by atoms with Gasteiger partial charge in [0.15, 0.2) is 0 Å². The first kappa shape index (κ1) is 12.2. The lowest BCUT2D eigenvalue weighted by Gasteiger charge is -2.12. The summed E-state index contributed by atoms with van der Waals surface area (Å²) >= 11 is 0. The van der Waals surface area contributed by atoms with Gasteiger partial charge in [-0.1, -0.05) is 13.8 Å². The molecule has 0 rings (SSSR count). The lowest BCUT2D eigenvalue weighted by Crippen LogP contribution is -2.38. The van der Waals surface area contributed by atoms with Crippen LogP contribution in [-0.2, 0) is 0 Å². The van der Waals surface area contributed by atoms with E-state index in [1.54, 1.807) is 0 Å². The van der Waals surface area contributed by atoms with Crippen LogP contribution in [-0.4, -0.2) is 42.0 Å². The lowest BCUT2D eigenvalue weighted by atomic mass is 10.2. The van der Waals surface area contributed by atoms with Gasteiger partial charge in [0, 0.05) is 13.1 Å². The molecule has 0 aromatic carbocycles. The predicted molar refractivity (Wildman–Crippen MR) is 49.7 cm³/mol. The Balaban J connectivity index is 3.30. The van der Waals surface area contributed by atoms with Crippen LogP contribution in [0.25, 0.3) is 0 Å². The first-order chi connectivity index (χ1) is 6.02. The third-order valence-electron chi connectivity index (χ3n) is 1.42. The molecule has 0 radical (unpaired) electrons. The number of carbonyl (C=O) groups is 1. The molecule has 1 unspecified atom stereocenters. The normalized spacial score (nSPS) is 12.9. The van der Waals surface area contributed by atoms with Gasteiger partial charge in [-0.05, 0) is 12.5 Å². The molecule has 1 amide bonds. The van der Waals surface area contributed by atoms with Crippen LogP contribution >= 0.6 is 0 Å². The minimum Gasteiger partial charge on any atom is -0.465 e. The van der Waals surface area contributed by atoms with E-state index >= 15 is 0 Å². The summed E-state index contributed by atoms with van der Waals surface area (Å²) < 4.78 is 0. The molecule has 0 saturated heterocycles. The van der Waals surface area contributed by atoms with E-state index in [-0.39, 0.29) is 6.54 Å². The third kappa shape index (κ3) is 9.10. The average Bonchev–Trinajstić information content (AvgIpc) is 2.00. The second-order valence-corrected chi connectivity index (χ2v) is 3.39. The van der Waals surface area contributed by atoms with Crippen LogP contribution in [0.5, 0.6) is 0 Å². The minimum atomic E-state index is -1.11. The van der Waals surface area contributed by atoms with E-state index in [0.29, 0.717) is 12.5 Å². The number of nitrogens with one attached hydrogen (secondary N) is 2. The van der Waals surface area contributed by atoms with Crippen molar-refractivity contribution in [2.45, 2.75) is 20.0 Å². The van der Waals surface area contributed by atoms with Crippen molar-refractivity contribution in [3.05, 3.63) is 0 Å². The average molecular weight is 190 g/mol. The molecule has 0 bridgehead atoms. The van der Waals surface area contributed by atoms with Crippen molar-refractivity contribution in [1.29, 1.82) is 0 Å². The number of aliphatic hydroxyl groups excluding tert-OH is 1. The summed E-state index contributed by atoms with van der Waals surface area (Å²) in [4.78, 5) is 10.0. The molecular weight excluding hydrogens is 172 g/mol. The number of hydrogen-bond donors (Lipinski definition) is 4. The van der Waals surface area contributed by atoms with Gasteiger partial charge in [-0.3, -0.25) is 0 Å². The molecule has 5 nitrogen and oxygen atoms in total. The molecule has 4 N–H and O–H groups in total. The molecule has 0 spiro atoms. The van der Waals surface area contributed by atoms with Gasteiger partial charge in [0.25, 0.3) is 0 Å². The highest BCUT2D eigenvalue weighted by Crippen LogP contribution is 1.87. The number of amides is 1. The summed E-state index contributed by atoms with van der Waals surface area (Å²) in [6.45, 7) is 5.44. The van der Waals surface area contributed by atoms with Gasteiger partial charge >= 0.3 is 6.09 Å². The Morgan fingerprint density at radius 2 is 1.92 bits per heavy atom. The Morgan fingerprint density at radius 1 is 1.31 bits per heavy atom. The van der Waals surface area contributed by atoms with Crippen molar-refractivity contribution in [3.8, 4) is 0 Å². The first-order valence-electron chi connectivity index (χ1n) is 4.38. The monoisotopic (exact) mass is 190 g/mol. The zero-order valence-electron chi connectivity index (χ0n) is 8.08. The molecule has 0 fully saturated rings. The van der Waals surface area contributed by atoms with Crippen molar-refractivity contribution in [3.63, 3.8) is 0 Å². The molecule has 0 saturated carbocycles. The number of hydrogen-bond acceptors (Lipinski definition) is 3. The Labute approximate surface area is 78.1 Å². The van der Waals surface area contributed by atoms with E-state index in [2.05, 4.69) is 24.5 Å². The standard InChI is InChI=1S/C8H18N2O3/c1-6(2)3-9-4-7(11)5-10-8(12)13/h6-7,9-11H,3-5H2,1-2H3,(H,12,13).